The number of fused-ring (bicyclic) bond motifs is 2. The molecule has 3 nitrogen and oxygen atoms in total. The molecular weight excluding hydrogens is 252 g/mol. The number of carbonyl (C=O) groups is 1. The minimum absolute atomic E-state index is 0.0945. The van der Waals surface area contributed by atoms with E-state index in [9.17, 15) is 9.90 Å². The first-order valence-electron chi connectivity index (χ1n) is 6.30. The van der Waals surface area contributed by atoms with Crippen molar-refractivity contribution in [1.82, 2.24) is 0 Å². The SMILES string of the molecule is C=C1c2ccccc2C(=O)c2c(OC)cc(O)c(C)c21. The molecule has 1 aliphatic rings. The maximum atomic E-state index is 12.7. The molecule has 2 aromatic rings. The van der Waals surface area contributed by atoms with Crippen molar-refractivity contribution in [1.29, 1.82) is 0 Å². The third kappa shape index (κ3) is 1.50. The number of methoxy groups -OCH3 is 1. The van der Waals surface area contributed by atoms with Crippen molar-refractivity contribution in [3.05, 3.63) is 64.7 Å². The highest BCUT2D eigenvalue weighted by Crippen LogP contribution is 2.43. The van der Waals surface area contributed by atoms with E-state index in [1.54, 1.807) is 13.0 Å². The largest absolute Gasteiger partial charge is 0.508 e. The fourth-order valence-corrected chi connectivity index (χ4v) is 2.72. The van der Waals surface area contributed by atoms with Gasteiger partial charge in [0.25, 0.3) is 0 Å². The van der Waals surface area contributed by atoms with E-state index in [1.807, 2.05) is 18.2 Å². The summed E-state index contributed by atoms with van der Waals surface area (Å²) in [5, 5.41) is 10.0. The van der Waals surface area contributed by atoms with Crippen LogP contribution in [-0.4, -0.2) is 18.0 Å². The zero-order chi connectivity index (χ0) is 14.4. The monoisotopic (exact) mass is 266 g/mol. The van der Waals surface area contributed by atoms with Gasteiger partial charge in [0.2, 0.25) is 0 Å². The minimum Gasteiger partial charge on any atom is -0.508 e. The van der Waals surface area contributed by atoms with E-state index < -0.39 is 0 Å². The molecule has 0 saturated heterocycles. The summed E-state index contributed by atoms with van der Waals surface area (Å²) in [5.74, 6) is 0.389. The average molecular weight is 266 g/mol. The zero-order valence-corrected chi connectivity index (χ0v) is 11.4. The molecule has 0 unspecified atom stereocenters. The Morgan fingerprint density at radius 3 is 2.45 bits per heavy atom. The standard InChI is InChI=1S/C17H14O3/c1-9-11-6-4-5-7-12(11)17(19)16-14(20-3)8-13(18)10(2)15(9)16/h4-8,18H,1H2,2-3H3. The number of phenols is 1. The summed E-state index contributed by atoms with van der Waals surface area (Å²) in [6, 6.07) is 8.83. The van der Waals surface area contributed by atoms with Gasteiger partial charge in [0.1, 0.15) is 11.5 Å². The van der Waals surface area contributed by atoms with Crippen molar-refractivity contribution >= 4 is 11.4 Å². The van der Waals surface area contributed by atoms with E-state index in [1.165, 1.54) is 13.2 Å². The van der Waals surface area contributed by atoms with E-state index in [2.05, 4.69) is 6.58 Å². The predicted octanol–water partition coefficient (Wildman–Crippen LogP) is 3.32. The lowest BCUT2D eigenvalue weighted by atomic mass is 9.79. The number of rotatable bonds is 1. The first kappa shape index (κ1) is 12.5. The molecule has 100 valence electrons. The molecule has 3 rings (SSSR count). The van der Waals surface area contributed by atoms with Crippen molar-refractivity contribution in [3.8, 4) is 11.5 Å². The molecular formula is C17H14O3. The fraction of sp³-hybridized carbons (Fsp3) is 0.118. The molecule has 20 heavy (non-hydrogen) atoms. The van der Waals surface area contributed by atoms with Crippen LogP contribution in [-0.2, 0) is 0 Å². The van der Waals surface area contributed by atoms with Crippen molar-refractivity contribution < 1.29 is 14.6 Å². The Kier molecular flexibility index (Phi) is 2.64. The molecule has 0 fully saturated rings. The third-order valence-corrected chi connectivity index (χ3v) is 3.77. The van der Waals surface area contributed by atoms with Gasteiger partial charge in [-0.3, -0.25) is 4.79 Å². The lowest BCUT2D eigenvalue weighted by Gasteiger charge is -2.24. The minimum atomic E-state index is -0.0945. The Morgan fingerprint density at radius 2 is 1.80 bits per heavy atom. The van der Waals surface area contributed by atoms with E-state index >= 15 is 0 Å². The Morgan fingerprint density at radius 1 is 1.15 bits per heavy atom. The Bertz CT molecular complexity index is 757. The number of hydrogen-bond donors (Lipinski definition) is 1. The van der Waals surface area contributed by atoms with Crippen molar-refractivity contribution in [2.45, 2.75) is 6.92 Å². The summed E-state index contributed by atoms with van der Waals surface area (Å²) < 4.78 is 5.26. The quantitative estimate of drug-likeness (QED) is 0.735. The topological polar surface area (TPSA) is 46.5 Å². The second kappa shape index (κ2) is 4.23. The van der Waals surface area contributed by atoms with Crippen LogP contribution < -0.4 is 4.74 Å². The number of aromatic hydroxyl groups is 1. The maximum Gasteiger partial charge on any atom is 0.198 e. The van der Waals surface area contributed by atoms with Crippen LogP contribution in [0.2, 0.25) is 0 Å². The molecule has 0 spiro atoms. The second-order valence-electron chi connectivity index (χ2n) is 4.83. The molecule has 0 aromatic heterocycles. The number of ketones is 1. The molecule has 0 bridgehead atoms. The lowest BCUT2D eigenvalue weighted by Crippen LogP contribution is -2.16. The van der Waals surface area contributed by atoms with Gasteiger partial charge >= 0.3 is 0 Å². The molecule has 0 atom stereocenters. The molecule has 3 heteroatoms. The highest BCUT2D eigenvalue weighted by Gasteiger charge is 2.31. The fourth-order valence-electron chi connectivity index (χ4n) is 2.72. The molecule has 0 radical (unpaired) electrons. The molecule has 2 aromatic carbocycles. The van der Waals surface area contributed by atoms with Crippen molar-refractivity contribution in [2.75, 3.05) is 7.11 Å². The summed E-state index contributed by atoms with van der Waals surface area (Å²) in [4.78, 5) is 12.7. The van der Waals surface area contributed by atoms with Crippen molar-refractivity contribution in [3.63, 3.8) is 0 Å². The second-order valence-corrected chi connectivity index (χ2v) is 4.83. The van der Waals surface area contributed by atoms with E-state index in [-0.39, 0.29) is 11.5 Å². The number of phenolic OH excluding ortho intramolecular Hbond substituents is 1. The molecule has 0 amide bonds. The lowest BCUT2D eigenvalue weighted by molar-refractivity contribution is 0.103. The van der Waals surface area contributed by atoms with Gasteiger partial charge in [-0.25, -0.2) is 0 Å². The van der Waals surface area contributed by atoms with Crippen molar-refractivity contribution in [2.24, 2.45) is 0 Å². The van der Waals surface area contributed by atoms with Crippen LogP contribution in [0.25, 0.3) is 5.57 Å². The summed E-state index contributed by atoms with van der Waals surface area (Å²) >= 11 is 0. The van der Waals surface area contributed by atoms with Crippen LogP contribution in [0.4, 0.5) is 0 Å². The normalized spacial score (nSPS) is 12.9. The van der Waals surface area contributed by atoms with Crippen LogP contribution in [0.3, 0.4) is 0 Å². The summed E-state index contributed by atoms with van der Waals surface area (Å²) in [6.07, 6.45) is 0. The van der Waals surface area contributed by atoms with Gasteiger partial charge in [0.15, 0.2) is 5.78 Å². The van der Waals surface area contributed by atoms with Gasteiger partial charge in [-0.1, -0.05) is 30.8 Å². The molecule has 0 saturated carbocycles. The van der Waals surface area contributed by atoms with Gasteiger partial charge in [-0.2, -0.15) is 0 Å². The highest BCUT2D eigenvalue weighted by molar-refractivity contribution is 6.20. The zero-order valence-electron chi connectivity index (χ0n) is 11.4. The van der Waals surface area contributed by atoms with E-state index in [0.717, 1.165) is 11.1 Å². The van der Waals surface area contributed by atoms with Gasteiger partial charge in [0, 0.05) is 17.2 Å². The maximum absolute atomic E-state index is 12.7. The Hall–Kier alpha value is -2.55. The van der Waals surface area contributed by atoms with Crippen LogP contribution >= 0.6 is 0 Å². The van der Waals surface area contributed by atoms with Crippen LogP contribution in [0, 0.1) is 6.92 Å². The number of carbonyl (C=O) groups excluding carboxylic acids is 1. The van der Waals surface area contributed by atoms with Crippen LogP contribution in [0.1, 0.15) is 32.6 Å². The predicted molar refractivity (Wildman–Crippen MR) is 77.4 cm³/mol. The van der Waals surface area contributed by atoms with E-state index in [0.29, 0.717) is 28.0 Å². The van der Waals surface area contributed by atoms with Crippen LogP contribution in [0.15, 0.2) is 36.9 Å². The molecule has 1 N–H and O–H groups in total. The Balaban J connectivity index is 2.41. The van der Waals surface area contributed by atoms with Gasteiger partial charge in [0.05, 0.1) is 12.7 Å². The number of ether oxygens (including phenoxy) is 1. The van der Waals surface area contributed by atoms with Gasteiger partial charge < -0.3 is 9.84 Å². The number of hydrogen-bond acceptors (Lipinski definition) is 3. The van der Waals surface area contributed by atoms with Crippen LogP contribution in [0.5, 0.6) is 11.5 Å². The highest BCUT2D eigenvalue weighted by atomic mass is 16.5. The first-order valence-corrected chi connectivity index (χ1v) is 6.30. The first-order chi connectivity index (χ1) is 9.56. The smallest absolute Gasteiger partial charge is 0.198 e. The summed E-state index contributed by atoms with van der Waals surface area (Å²) in [5.41, 5.74) is 3.96. The molecule has 0 heterocycles. The summed E-state index contributed by atoms with van der Waals surface area (Å²) in [6.45, 7) is 5.87. The van der Waals surface area contributed by atoms with E-state index in [4.69, 9.17) is 4.74 Å². The molecule has 0 aliphatic heterocycles. The van der Waals surface area contributed by atoms with Gasteiger partial charge in [-0.05, 0) is 23.6 Å². The molecule has 1 aliphatic carbocycles. The third-order valence-electron chi connectivity index (χ3n) is 3.77. The Labute approximate surface area is 117 Å². The number of benzene rings is 2. The van der Waals surface area contributed by atoms with Gasteiger partial charge in [-0.15, -0.1) is 0 Å². The summed E-state index contributed by atoms with van der Waals surface area (Å²) in [7, 11) is 1.49. The average Bonchev–Trinajstić information content (AvgIpc) is 2.47.